The summed E-state index contributed by atoms with van der Waals surface area (Å²) in [6, 6.07) is 6.02. The maximum Gasteiger partial charge on any atom is 0.416 e. The lowest BCUT2D eigenvalue weighted by Gasteiger charge is -2.38. The number of rotatable bonds is 3. The molecule has 1 fully saturated rings. The number of halogens is 7. The standard InChI is InChI=1S/C19H16ClF6NO3S/c20-15-5-4-14(19(24,25)26)11-16(15)31(29,30)27-8-6-17(28,7-9-27)12-2-1-3-13(10-12)18(21,22)23/h1-5,10-11,28H,6-9H2. The number of aliphatic hydroxyl groups is 1. The molecular weight excluding hydrogens is 472 g/mol. The van der Waals surface area contributed by atoms with Crippen LogP contribution in [0, 0.1) is 0 Å². The van der Waals surface area contributed by atoms with E-state index in [2.05, 4.69) is 0 Å². The first-order valence-electron chi connectivity index (χ1n) is 8.92. The van der Waals surface area contributed by atoms with Crippen LogP contribution < -0.4 is 0 Å². The SMILES string of the molecule is O=S(=O)(c1cc(C(F)(F)F)ccc1Cl)N1CCC(O)(c2cccc(C(F)(F)F)c2)CC1. The largest absolute Gasteiger partial charge is 0.416 e. The van der Waals surface area contributed by atoms with Crippen LogP contribution in [0.2, 0.25) is 5.02 Å². The number of alkyl halides is 6. The van der Waals surface area contributed by atoms with Gasteiger partial charge in [0.1, 0.15) is 4.90 Å². The fourth-order valence-electron chi connectivity index (χ4n) is 3.39. The maximum absolute atomic E-state index is 13.0. The topological polar surface area (TPSA) is 57.6 Å². The van der Waals surface area contributed by atoms with E-state index in [9.17, 15) is 39.9 Å². The van der Waals surface area contributed by atoms with Gasteiger partial charge in [0.05, 0.1) is 21.8 Å². The molecule has 0 aliphatic carbocycles. The second-order valence-corrected chi connectivity index (χ2v) is 9.47. The van der Waals surface area contributed by atoms with Crippen LogP contribution in [0.25, 0.3) is 0 Å². The highest BCUT2D eigenvalue weighted by molar-refractivity contribution is 7.89. The van der Waals surface area contributed by atoms with Gasteiger partial charge in [-0.2, -0.15) is 30.6 Å². The van der Waals surface area contributed by atoms with E-state index in [1.165, 1.54) is 6.07 Å². The summed E-state index contributed by atoms with van der Waals surface area (Å²) in [4.78, 5) is -0.728. The molecule has 1 N–H and O–H groups in total. The van der Waals surface area contributed by atoms with Gasteiger partial charge in [0.25, 0.3) is 0 Å². The fraction of sp³-hybridized carbons (Fsp3) is 0.368. The fourth-order valence-corrected chi connectivity index (χ4v) is 5.33. The average Bonchev–Trinajstić information content (AvgIpc) is 2.67. The molecule has 0 aromatic heterocycles. The number of piperidine rings is 1. The Hall–Kier alpha value is -1.82. The van der Waals surface area contributed by atoms with Crippen molar-refractivity contribution in [1.82, 2.24) is 4.31 Å². The molecule has 1 heterocycles. The normalized spacial score (nSPS) is 18.2. The lowest BCUT2D eigenvalue weighted by Crippen LogP contribution is -2.45. The van der Waals surface area contributed by atoms with Gasteiger partial charge in [-0.25, -0.2) is 8.42 Å². The summed E-state index contributed by atoms with van der Waals surface area (Å²) < 4.78 is 104. The van der Waals surface area contributed by atoms with E-state index in [0.717, 1.165) is 28.6 Å². The highest BCUT2D eigenvalue weighted by atomic mass is 35.5. The maximum atomic E-state index is 13.0. The lowest BCUT2D eigenvalue weighted by atomic mass is 9.84. The quantitative estimate of drug-likeness (QED) is 0.616. The van der Waals surface area contributed by atoms with Crippen molar-refractivity contribution in [3.63, 3.8) is 0 Å². The molecule has 1 aliphatic heterocycles. The molecule has 12 heteroatoms. The molecule has 0 atom stereocenters. The molecule has 0 saturated carbocycles. The monoisotopic (exact) mass is 487 g/mol. The lowest BCUT2D eigenvalue weighted by molar-refractivity contribution is -0.138. The van der Waals surface area contributed by atoms with E-state index in [-0.39, 0.29) is 31.5 Å². The Morgan fingerprint density at radius 1 is 0.903 bits per heavy atom. The molecule has 1 aliphatic rings. The second-order valence-electron chi connectivity index (χ2n) is 7.16. The summed E-state index contributed by atoms with van der Waals surface area (Å²) in [7, 11) is -4.43. The molecule has 0 radical (unpaired) electrons. The molecule has 31 heavy (non-hydrogen) atoms. The van der Waals surface area contributed by atoms with Crippen molar-refractivity contribution in [2.45, 2.75) is 35.7 Å². The van der Waals surface area contributed by atoms with Crippen LogP contribution >= 0.6 is 11.6 Å². The van der Waals surface area contributed by atoms with Crippen molar-refractivity contribution >= 4 is 21.6 Å². The van der Waals surface area contributed by atoms with E-state index < -0.39 is 49.0 Å². The van der Waals surface area contributed by atoms with Gasteiger partial charge in [-0.3, -0.25) is 0 Å². The van der Waals surface area contributed by atoms with Crippen LogP contribution in [0.1, 0.15) is 29.5 Å². The van der Waals surface area contributed by atoms with E-state index in [1.807, 2.05) is 0 Å². The predicted octanol–water partition coefficient (Wildman–Crippen LogP) is 5.05. The van der Waals surface area contributed by atoms with E-state index in [1.54, 1.807) is 0 Å². The van der Waals surface area contributed by atoms with Gasteiger partial charge in [0, 0.05) is 13.1 Å². The molecule has 2 aromatic carbocycles. The molecule has 170 valence electrons. The van der Waals surface area contributed by atoms with Gasteiger partial charge < -0.3 is 5.11 Å². The summed E-state index contributed by atoms with van der Waals surface area (Å²) >= 11 is 5.83. The van der Waals surface area contributed by atoms with Gasteiger partial charge >= 0.3 is 12.4 Å². The molecule has 3 rings (SSSR count). The van der Waals surface area contributed by atoms with Gasteiger partial charge in [-0.1, -0.05) is 23.7 Å². The number of sulfonamides is 1. The van der Waals surface area contributed by atoms with Crippen molar-refractivity contribution in [3.05, 3.63) is 64.2 Å². The zero-order valence-corrected chi connectivity index (χ0v) is 17.2. The summed E-state index contributed by atoms with van der Waals surface area (Å²) in [5.74, 6) is 0. The van der Waals surface area contributed by atoms with Crippen molar-refractivity contribution in [1.29, 1.82) is 0 Å². The van der Waals surface area contributed by atoms with Crippen molar-refractivity contribution in [3.8, 4) is 0 Å². The van der Waals surface area contributed by atoms with Crippen LogP contribution in [0.3, 0.4) is 0 Å². The molecule has 2 aromatic rings. The number of nitrogens with zero attached hydrogens (tertiary/aromatic N) is 1. The highest BCUT2D eigenvalue weighted by Gasteiger charge is 2.41. The summed E-state index contributed by atoms with van der Waals surface area (Å²) in [5.41, 5.74) is -3.88. The minimum Gasteiger partial charge on any atom is -0.385 e. The van der Waals surface area contributed by atoms with Crippen molar-refractivity contribution < 1.29 is 39.9 Å². The Bertz CT molecular complexity index is 1080. The third kappa shape index (κ3) is 4.84. The zero-order chi connectivity index (χ0) is 23.2. The smallest absolute Gasteiger partial charge is 0.385 e. The van der Waals surface area contributed by atoms with Gasteiger partial charge in [0.15, 0.2) is 0 Å². The Morgan fingerprint density at radius 3 is 2.00 bits per heavy atom. The van der Waals surface area contributed by atoms with Gasteiger partial charge in [0.2, 0.25) is 10.0 Å². The van der Waals surface area contributed by atoms with Crippen LogP contribution in [0.15, 0.2) is 47.4 Å². The predicted molar refractivity (Wildman–Crippen MR) is 99.8 cm³/mol. The Balaban J connectivity index is 1.85. The third-order valence-electron chi connectivity index (χ3n) is 5.15. The minimum absolute atomic E-state index is 0.0172. The zero-order valence-electron chi connectivity index (χ0n) is 15.6. The minimum atomic E-state index is -4.78. The van der Waals surface area contributed by atoms with Crippen LogP contribution in [-0.4, -0.2) is 30.9 Å². The molecule has 1 saturated heterocycles. The number of benzene rings is 2. The number of hydrogen-bond acceptors (Lipinski definition) is 3. The van der Waals surface area contributed by atoms with Crippen molar-refractivity contribution in [2.24, 2.45) is 0 Å². The highest BCUT2D eigenvalue weighted by Crippen LogP contribution is 2.39. The number of hydrogen-bond donors (Lipinski definition) is 1. The molecule has 0 bridgehead atoms. The Kier molecular flexibility index (Phi) is 6.11. The Labute approximate surface area is 179 Å². The van der Waals surface area contributed by atoms with Crippen molar-refractivity contribution in [2.75, 3.05) is 13.1 Å². The average molecular weight is 488 g/mol. The second kappa shape index (κ2) is 7.95. The first-order chi connectivity index (χ1) is 14.1. The first kappa shape index (κ1) is 23.8. The van der Waals surface area contributed by atoms with Crippen LogP contribution in [-0.2, 0) is 28.0 Å². The van der Waals surface area contributed by atoms with E-state index >= 15 is 0 Å². The summed E-state index contributed by atoms with van der Waals surface area (Å²) in [6.45, 7) is -0.636. The summed E-state index contributed by atoms with van der Waals surface area (Å²) in [5, 5.41) is 10.4. The Morgan fingerprint density at radius 2 is 1.45 bits per heavy atom. The summed E-state index contributed by atoms with van der Waals surface area (Å²) in [6.07, 6.45) is -9.88. The van der Waals surface area contributed by atoms with E-state index in [4.69, 9.17) is 11.6 Å². The molecule has 0 amide bonds. The van der Waals surface area contributed by atoms with Crippen LogP contribution in [0.4, 0.5) is 26.3 Å². The third-order valence-corrected chi connectivity index (χ3v) is 7.53. The molecule has 4 nitrogen and oxygen atoms in total. The molecular formula is C19H16ClF6NO3S. The molecule has 0 unspecified atom stereocenters. The first-order valence-corrected chi connectivity index (χ1v) is 10.7. The van der Waals surface area contributed by atoms with Gasteiger partial charge in [-0.15, -0.1) is 0 Å². The van der Waals surface area contributed by atoms with Gasteiger partial charge in [-0.05, 0) is 48.7 Å². The van der Waals surface area contributed by atoms with E-state index in [0.29, 0.717) is 12.1 Å². The van der Waals surface area contributed by atoms with Crippen LogP contribution in [0.5, 0.6) is 0 Å². The molecule has 0 spiro atoms.